The molecular formula is C50H66O9. The Morgan fingerprint density at radius 3 is 2.02 bits per heavy atom. The molecule has 9 heteroatoms. The smallest absolute Gasteiger partial charge is 0.339 e. The zero-order chi connectivity index (χ0) is 42.1. The fourth-order valence-electron chi connectivity index (χ4n) is 12.7. The quantitative estimate of drug-likeness (QED) is 0.117. The van der Waals surface area contributed by atoms with E-state index in [1.807, 2.05) is 0 Å². The summed E-state index contributed by atoms with van der Waals surface area (Å²) in [6, 6.07) is 17.0. The zero-order valence-electron chi connectivity index (χ0n) is 36.2. The summed E-state index contributed by atoms with van der Waals surface area (Å²) < 4.78 is 30.1. The molecule has 13 atom stereocenters. The first-order valence-electron chi connectivity index (χ1n) is 22.4. The van der Waals surface area contributed by atoms with Gasteiger partial charge in [0.05, 0.1) is 18.2 Å². The molecule has 0 amide bonds. The predicted octanol–water partition coefficient (Wildman–Crippen LogP) is 9.97. The maximum atomic E-state index is 13.9. The Morgan fingerprint density at radius 1 is 0.763 bits per heavy atom. The molecule has 0 bridgehead atoms. The van der Waals surface area contributed by atoms with Gasteiger partial charge in [0.2, 0.25) is 0 Å². The molecule has 59 heavy (non-hydrogen) atoms. The van der Waals surface area contributed by atoms with Gasteiger partial charge in [-0.05, 0) is 128 Å². The molecule has 9 nitrogen and oxygen atoms in total. The number of fused-ring (bicyclic) bond motifs is 5. The number of methoxy groups -OCH3 is 1. The van der Waals surface area contributed by atoms with Gasteiger partial charge in [-0.3, -0.25) is 4.79 Å². The predicted molar refractivity (Wildman–Crippen MR) is 224 cm³/mol. The number of hydrogen-bond acceptors (Lipinski definition) is 9. The maximum absolute atomic E-state index is 13.9. The van der Waals surface area contributed by atoms with Crippen LogP contribution in [0, 0.1) is 52.3 Å². The van der Waals surface area contributed by atoms with E-state index in [0.29, 0.717) is 29.2 Å². The average Bonchev–Trinajstić information content (AvgIpc) is 3.59. The lowest BCUT2D eigenvalue weighted by Crippen LogP contribution is -2.65. The van der Waals surface area contributed by atoms with Gasteiger partial charge in [-0.1, -0.05) is 102 Å². The summed E-state index contributed by atoms with van der Waals surface area (Å²) in [7, 11) is 1.24. The number of allylic oxidation sites excluding steroid dienone is 2. The van der Waals surface area contributed by atoms with Crippen molar-refractivity contribution in [3.63, 3.8) is 0 Å². The SMILES string of the molecule is COC(=O)[C@H]1O[C@@H]([C@H]2CC[C@@]3(C)C(=CC[C@H]4[C@@H]5CC[C@H]([C@H](C)CCCC(C)C)[C@@]5(C)CC[C@@H]43)C2)[C@H](OC(=O)c2ccccc2)[C@@H](OC(=O)c2ccccc2)[C@@H]1OC(C)=O. The molecule has 4 aliphatic carbocycles. The molecule has 320 valence electrons. The number of rotatable bonds is 12. The number of ether oxygens (including phenoxy) is 5. The van der Waals surface area contributed by atoms with Crippen molar-refractivity contribution in [2.75, 3.05) is 7.11 Å². The first-order chi connectivity index (χ1) is 28.2. The molecule has 2 aromatic carbocycles. The fraction of sp³-hybridized carbons (Fsp3) is 0.640. The highest BCUT2D eigenvalue weighted by molar-refractivity contribution is 5.90. The summed E-state index contributed by atoms with van der Waals surface area (Å²) in [6.45, 7) is 13.5. The lowest BCUT2D eigenvalue weighted by atomic mass is 9.46. The Kier molecular flexibility index (Phi) is 13.1. The van der Waals surface area contributed by atoms with Gasteiger partial charge in [-0.2, -0.15) is 0 Å². The van der Waals surface area contributed by atoms with Crippen molar-refractivity contribution < 1.29 is 42.9 Å². The van der Waals surface area contributed by atoms with Crippen molar-refractivity contribution in [2.45, 2.75) is 143 Å². The van der Waals surface area contributed by atoms with Crippen LogP contribution >= 0.6 is 0 Å². The summed E-state index contributed by atoms with van der Waals surface area (Å²) >= 11 is 0. The van der Waals surface area contributed by atoms with Crippen LogP contribution in [0.2, 0.25) is 0 Å². The molecule has 1 aliphatic heterocycles. The van der Waals surface area contributed by atoms with Crippen LogP contribution < -0.4 is 0 Å². The van der Waals surface area contributed by atoms with E-state index in [2.05, 4.69) is 40.7 Å². The second-order valence-corrected chi connectivity index (χ2v) is 19.4. The van der Waals surface area contributed by atoms with E-state index >= 15 is 0 Å². The minimum atomic E-state index is -1.44. The summed E-state index contributed by atoms with van der Waals surface area (Å²) in [4.78, 5) is 53.9. The van der Waals surface area contributed by atoms with E-state index in [4.69, 9.17) is 23.7 Å². The first-order valence-corrected chi connectivity index (χ1v) is 22.4. The van der Waals surface area contributed by atoms with Crippen LogP contribution in [-0.2, 0) is 33.3 Å². The summed E-state index contributed by atoms with van der Waals surface area (Å²) in [5.74, 6) is 1.25. The molecule has 2 aromatic rings. The van der Waals surface area contributed by atoms with Gasteiger partial charge in [0, 0.05) is 6.92 Å². The Labute approximate surface area is 351 Å². The Bertz CT molecular complexity index is 1840. The van der Waals surface area contributed by atoms with E-state index in [9.17, 15) is 19.2 Å². The van der Waals surface area contributed by atoms with Crippen LogP contribution in [0.3, 0.4) is 0 Å². The van der Waals surface area contributed by atoms with E-state index in [0.717, 1.165) is 42.9 Å². The van der Waals surface area contributed by atoms with Crippen LogP contribution in [0.4, 0.5) is 0 Å². The number of hydrogen-bond donors (Lipinski definition) is 0. The van der Waals surface area contributed by atoms with Gasteiger partial charge >= 0.3 is 23.9 Å². The molecule has 0 radical (unpaired) electrons. The van der Waals surface area contributed by atoms with Crippen molar-refractivity contribution in [3.05, 3.63) is 83.4 Å². The van der Waals surface area contributed by atoms with E-state index in [-0.39, 0.29) is 16.9 Å². The van der Waals surface area contributed by atoms with Crippen LogP contribution in [-0.4, -0.2) is 61.5 Å². The highest BCUT2D eigenvalue weighted by atomic mass is 16.7. The van der Waals surface area contributed by atoms with Crippen molar-refractivity contribution in [1.82, 2.24) is 0 Å². The van der Waals surface area contributed by atoms with Crippen LogP contribution in [0.15, 0.2) is 72.3 Å². The van der Waals surface area contributed by atoms with E-state index < -0.39 is 54.4 Å². The second kappa shape index (κ2) is 17.9. The molecule has 4 fully saturated rings. The van der Waals surface area contributed by atoms with Crippen LogP contribution in [0.25, 0.3) is 0 Å². The summed E-state index contributed by atoms with van der Waals surface area (Å²) in [5.41, 5.74) is 2.37. The third-order valence-corrected chi connectivity index (χ3v) is 15.6. The molecule has 0 aromatic heterocycles. The lowest BCUT2D eigenvalue weighted by molar-refractivity contribution is -0.246. The van der Waals surface area contributed by atoms with Gasteiger partial charge in [-0.25, -0.2) is 14.4 Å². The third kappa shape index (κ3) is 8.65. The highest BCUT2D eigenvalue weighted by Gasteiger charge is 2.61. The van der Waals surface area contributed by atoms with Gasteiger partial charge in [0.1, 0.15) is 6.10 Å². The van der Waals surface area contributed by atoms with Crippen molar-refractivity contribution >= 4 is 23.9 Å². The minimum Gasteiger partial charge on any atom is -0.467 e. The second-order valence-electron chi connectivity index (χ2n) is 19.4. The lowest BCUT2D eigenvalue weighted by Gasteiger charge is -2.59. The minimum absolute atomic E-state index is 0.0216. The number of esters is 4. The van der Waals surface area contributed by atoms with Gasteiger partial charge in [0.15, 0.2) is 24.4 Å². The number of carbonyl (C=O) groups is 4. The Hall–Kier alpha value is -3.98. The van der Waals surface area contributed by atoms with Crippen LogP contribution in [0.1, 0.15) is 133 Å². The molecule has 7 rings (SSSR count). The first kappa shape index (κ1) is 43.1. The van der Waals surface area contributed by atoms with Crippen LogP contribution in [0.5, 0.6) is 0 Å². The Balaban J connectivity index is 1.18. The zero-order valence-corrected chi connectivity index (χ0v) is 36.2. The molecule has 0 spiro atoms. The molecule has 1 heterocycles. The molecule has 5 aliphatic rings. The van der Waals surface area contributed by atoms with Crippen molar-refractivity contribution in [2.24, 2.45) is 52.3 Å². The van der Waals surface area contributed by atoms with Crippen molar-refractivity contribution in [3.8, 4) is 0 Å². The molecule has 3 saturated carbocycles. The number of carbonyl (C=O) groups excluding carboxylic acids is 4. The third-order valence-electron chi connectivity index (χ3n) is 15.6. The Morgan fingerprint density at radius 2 is 1.41 bits per heavy atom. The van der Waals surface area contributed by atoms with E-state index in [1.54, 1.807) is 60.7 Å². The molecule has 0 N–H and O–H groups in total. The molecular weight excluding hydrogens is 745 g/mol. The summed E-state index contributed by atoms with van der Waals surface area (Å²) in [6.07, 6.45) is 8.76. The normalized spacial score (nSPS) is 35.6. The van der Waals surface area contributed by atoms with E-state index in [1.165, 1.54) is 64.6 Å². The number of benzene rings is 2. The van der Waals surface area contributed by atoms with Crippen molar-refractivity contribution in [1.29, 1.82) is 0 Å². The standard InChI is InChI=1S/C50H66O9/c1-30(2)15-14-16-31(3)38-23-24-39-37-22-21-36-29-35(25-27-49(36,5)40(37)26-28-50(38,39)6)41-42(58-46(52)33-17-10-8-11-18-33)43(59-47(53)34-19-12-9-13-20-34)44(56-32(4)51)45(57-41)48(54)55-7/h8-13,17-21,30-31,35,37-45H,14-16,22-29H2,1-7H3/t31-,35+,37+,38-,39+,40+,41+,42+,43-,44+,45+,49+,50-/m1/s1. The maximum Gasteiger partial charge on any atom is 0.339 e. The van der Waals surface area contributed by atoms with Gasteiger partial charge in [0.25, 0.3) is 0 Å². The topological polar surface area (TPSA) is 114 Å². The van der Waals surface area contributed by atoms with Gasteiger partial charge in [-0.15, -0.1) is 0 Å². The highest BCUT2D eigenvalue weighted by Crippen LogP contribution is 2.68. The largest absolute Gasteiger partial charge is 0.467 e. The fourth-order valence-corrected chi connectivity index (χ4v) is 12.7. The van der Waals surface area contributed by atoms with Gasteiger partial charge < -0.3 is 23.7 Å². The summed E-state index contributed by atoms with van der Waals surface area (Å²) in [5, 5.41) is 0. The molecule has 0 unspecified atom stereocenters. The average molecular weight is 811 g/mol. The molecule has 1 saturated heterocycles. The monoisotopic (exact) mass is 810 g/mol.